The highest BCUT2D eigenvalue weighted by molar-refractivity contribution is 7.19. The van der Waals surface area contributed by atoms with Gasteiger partial charge in [0.05, 0.1) is 23.3 Å². The molecule has 1 aromatic rings. The third-order valence-electron chi connectivity index (χ3n) is 3.57. The molecule has 2 rings (SSSR count). The number of aliphatic hydroxyl groups is 1. The Labute approximate surface area is 123 Å². The van der Waals surface area contributed by atoms with E-state index in [1.807, 2.05) is 25.7 Å². The number of nitrogen functional groups attached to an aromatic ring is 1. The van der Waals surface area contributed by atoms with E-state index in [9.17, 15) is 9.90 Å². The van der Waals surface area contributed by atoms with Gasteiger partial charge in [-0.1, -0.05) is 13.8 Å². The van der Waals surface area contributed by atoms with Gasteiger partial charge in [-0.15, -0.1) is 11.3 Å². The van der Waals surface area contributed by atoms with Crippen molar-refractivity contribution in [3.05, 3.63) is 4.88 Å². The lowest BCUT2D eigenvalue weighted by molar-refractivity contribution is 0.0839. The van der Waals surface area contributed by atoms with Gasteiger partial charge in [-0.25, -0.2) is 0 Å². The summed E-state index contributed by atoms with van der Waals surface area (Å²) in [4.78, 5) is 14.8. The fourth-order valence-electron chi connectivity index (χ4n) is 2.39. The number of nitrogens with two attached hydrogens (primary N) is 1. The molecule has 1 saturated heterocycles. The van der Waals surface area contributed by atoms with E-state index in [2.05, 4.69) is 0 Å². The van der Waals surface area contributed by atoms with E-state index >= 15 is 0 Å². The molecule has 3 N–H and O–H groups in total. The van der Waals surface area contributed by atoms with Gasteiger partial charge in [0.2, 0.25) is 0 Å². The molecule has 1 atom stereocenters. The molecule has 0 aliphatic carbocycles. The summed E-state index contributed by atoms with van der Waals surface area (Å²) in [5.74, 6) is 0.481. The molecule has 1 aromatic heterocycles. The number of hydrogen-bond donors (Lipinski definition) is 2. The van der Waals surface area contributed by atoms with Gasteiger partial charge in [0.25, 0.3) is 0 Å². The molecule has 1 aliphatic rings. The summed E-state index contributed by atoms with van der Waals surface area (Å²) in [5, 5.41) is 10.9. The number of Topliss-reactive ketones (excluding diaryl/α,β-unsaturated/α-hetero) is 1. The molecule has 1 fully saturated rings. The second-order valence-electron chi connectivity index (χ2n) is 5.87. The highest BCUT2D eigenvalue weighted by Gasteiger charge is 2.35. The molecular formula is C14H22N2O3S. The van der Waals surface area contributed by atoms with Crippen LogP contribution in [0.3, 0.4) is 0 Å². The van der Waals surface area contributed by atoms with Crippen molar-refractivity contribution in [2.75, 3.05) is 30.8 Å². The van der Waals surface area contributed by atoms with Crippen molar-refractivity contribution in [1.29, 1.82) is 0 Å². The average molecular weight is 298 g/mol. The minimum absolute atomic E-state index is 0.0306. The molecule has 1 unspecified atom stereocenters. The molecule has 2 heterocycles. The third-order valence-corrected chi connectivity index (χ3v) is 4.84. The molecule has 0 saturated carbocycles. The largest absolute Gasteiger partial charge is 0.492 e. The van der Waals surface area contributed by atoms with Crippen molar-refractivity contribution in [3.63, 3.8) is 0 Å². The number of carbonyl (C=O) groups is 1. The fraction of sp³-hybridized carbons (Fsp3) is 0.643. The normalized spacial score (nSPS) is 22.6. The van der Waals surface area contributed by atoms with Gasteiger partial charge in [0.15, 0.2) is 11.5 Å². The number of nitrogens with zero attached hydrogens (tertiary/aromatic N) is 1. The van der Waals surface area contributed by atoms with E-state index in [-0.39, 0.29) is 11.7 Å². The zero-order valence-corrected chi connectivity index (χ0v) is 13.2. The van der Waals surface area contributed by atoms with Crippen LogP contribution >= 0.6 is 11.3 Å². The van der Waals surface area contributed by atoms with Crippen LogP contribution in [0.15, 0.2) is 0 Å². The molecule has 0 spiro atoms. The Kier molecular flexibility index (Phi) is 3.97. The van der Waals surface area contributed by atoms with Crippen LogP contribution in [-0.2, 0) is 0 Å². The van der Waals surface area contributed by atoms with Crippen LogP contribution in [0.25, 0.3) is 0 Å². The number of β-amino-alcohol motifs (C(OH)–C–C–N with tert-alkyl or cyclic N) is 1. The lowest BCUT2D eigenvalue weighted by Crippen LogP contribution is -2.29. The Morgan fingerprint density at radius 1 is 1.55 bits per heavy atom. The number of carbonyl (C=O) groups excluding carboxylic acids is 1. The molecule has 0 bridgehead atoms. The highest BCUT2D eigenvalue weighted by atomic mass is 32.1. The topological polar surface area (TPSA) is 75.8 Å². The predicted octanol–water partition coefficient (Wildman–Crippen LogP) is 2.14. The molecule has 5 nitrogen and oxygen atoms in total. The Balaban J connectivity index is 2.39. The van der Waals surface area contributed by atoms with Gasteiger partial charge < -0.3 is 20.5 Å². The maximum Gasteiger partial charge on any atom is 0.177 e. The molecule has 0 aromatic carbocycles. The van der Waals surface area contributed by atoms with Crippen molar-refractivity contribution in [2.45, 2.75) is 32.8 Å². The first-order valence-electron chi connectivity index (χ1n) is 6.74. The zero-order valence-electron chi connectivity index (χ0n) is 12.4. The molecule has 20 heavy (non-hydrogen) atoms. The monoisotopic (exact) mass is 298 g/mol. The molecule has 6 heteroatoms. The Bertz CT molecular complexity index is 523. The predicted molar refractivity (Wildman–Crippen MR) is 81.9 cm³/mol. The van der Waals surface area contributed by atoms with E-state index in [0.29, 0.717) is 29.3 Å². The Hall–Kier alpha value is -1.27. The van der Waals surface area contributed by atoms with Crippen LogP contribution in [0.2, 0.25) is 0 Å². The number of ketones is 1. The van der Waals surface area contributed by atoms with Crippen molar-refractivity contribution in [1.82, 2.24) is 0 Å². The summed E-state index contributed by atoms with van der Waals surface area (Å²) in [6.07, 6.45) is 0.696. The van der Waals surface area contributed by atoms with Gasteiger partial charge in [-0.2, -0.15) is 0 Å². The van der Waals surface area contributed by atoms with Crippen LogP contribution in [0.1, 0.15) is 36.9 Å². The molecule has 0 radical (unpaired) electrons. The van der Waals surface area contributed by atoms with Gasteiger partial charge in [-0.05, 0) is 13.3 Å². The first-order valence-corrected chi connectivity index (χ1v) is 7.56. The maximum atomic E-state index is 12.2. The number of ether oxygens (including phenoxy) is 1. The average Bonchev–Trinajstić information content (AvgIpc) is 2.88. The molecular weight excluding hydrogens is 276 g/mol. The SMILES string of the molecule is COc1c(N2CCC(C)(O)C2)sc(C(=O)C(C)C)c1N. The molecule has 0 amide bonds. The fourth-order valence-corrected chi connectivity index (χ4v) is 3.69. The second-order valence-corrected chi connectivity index (χ2v) is 6.87. The van der Waals surface area contributed by atoms with Crippen molar-refractivity contribution in [3.8, 4) is 5.75 Å². The van der Waals surface area contributed by atoms with Gasteiger partial charge in [0.1, 0.15) is 5.00 Å². The van der Waals surface area contributed by atoms with Crippen molar-refractivity contribution >= 4 is 27.8 Å². The first-order chi connectivity index (χ1) is 9.26. The summed E-state index contributed by atoms with van der Waals surface area (Å²) >= 11 is 1.36. The number of hydrogen-bond acceptors (Lipinski definition) is 6. The molecule has 112 valence electrons. The van der Waals surface area contributed by atoms with Crippen LogP contribution in [0, 0.1) is 5.92 Å². The van der Waals surface area contributed by atoms with E-state index in [1.54, 1.807) is 7.11 Å². The number of rotatable bonds is 4. The Morgan fingerprint density at radius 3 is 2.65 bits per heavy atom. The summed E-state index contributed by atoms with van der Waals surface area (Å²) < 4.78 is 5.38. The van der Waals surface area contributed by atoms with Crippen LogP contribution < -0.4 is 15.4 Å². The number of methoxy groups -OCH3 is 1. The van der Waals surface area contributed by atoms with E-state index < -0.39 is 5.60 Å². The van der Waals surface area contributed by atoms with Gasteiger partial charge in [-0.3, -0.25) is 4.79 Å². The zero-order chi connectivity index (χ0) is 15.1. The lowest BCUT2D eigenvalue weighted by atomic mass is 10.1. The molecule has 1 aliphatic heterocycles. The van der Waals surface area contributed by atoms with E-state index in [1.165, 1.54) is 11.3 Å². The third kappa shape index (κ3) is 2.62. The quantitative estimate of drug-likeness (QED) is 0.833. The maximum absolute atomic E-state index is 12.2. The smallest absolute Gasteiger partial charge is 0.177 e. The van der Waals surface area contributed by atoms with Gasteiger partial charge >= 0.3 is 0 Å². The highest BCUT2D eigenvalue weighted by Crippen LogP contribution is 2.47. The minimum Gasteiger partial charge on any atom is -0.492 e. The van der Waals surface area contributed by atoms with Crippen LogP contribution in [-0.4, -0.2) is 36.7 Å². The standard InChI is InChI=1S/C14H22N2O3S/c1-8(2)10(17)12-9(15)11(19-4)13(20-12)16-6-5-14(3,18)7-16/h8,18H,5-7,15H2,1-4H3. The summed E-state index contributed by atoms with van der Waals surface area (Å²) in [5.41, 5.74) is 5.78. The van der Waals surface area contributed by atoms with Crippen molar-refractivity contribution in [2.24, 2.45) is 5.92 Å². The van der Waals surface area contributed by atoms with Crippen LogP contribution in [0.5, 0.6) is 5.75 Å². The first kappa shape index (κ1) is 15.1. The second kappa shape index (κ2) is 5.26. The van der Waals surface area contributed by atoms with Crippen LogP contribution in [0.4, 0.5) is 10.7 Å². The summed E-state index contributed by atoms with van der Waals surface area (Å²) in [6, 6.07) is 0. The van der Waals surface area contributed by atoms with Gasteiger partial charge in [0, 0.05) is 19.0 Å². The van der Waals surface area contributed by atoms with E-state index in [4.69, 9.17) is 10.5 Å². The summed E-state index contributed by atoms with van der Waals surface area (Å²) in [6.45, 7) is 6.79. The number of thiophene rings is 1. The van der Waals surface area contributed by atoms with Crippen molar-refractivity contribution < 1.29 is 14.6 Å². The Morgan fingerprint density at radius 2 is 2.20 bits per heavy atom. The number of anilines is 2. The lowest BCUT2D eigenvalue weighted by Gasteiger charge is -2.20. The minimum atomic E-state index is -0.702. The summed E-state index contributed by atoms with van der Waals surface area (Å²) in [7, 11) is 1.56. The van der Waals surface area contributed by atoms with E-state index in [0.717, 1.165) is 11.5 Å².